The van der Waals surface area contributed by atoms with Crippen LogP contribution < -0.4 is 20.4 Å². The summed E-state index contributed by atoms with van der Waals surface area (Å²) in [4.78, 5) is 78.5. The molecule has 0 unspecified atom stereocenters. The van der Waals surface area contributed by atoms with E-state index in [0.717, 1.165) is 12.3 Å². The molecule has 17 nitrogen and oxygen atoms in total. The average Bonchev–Trinajstić information content (AvgIpc) is 3.82. The van der Waals surface area contributed by atoms with Gasteiger partial charge in [-0.1, -0.05) is 0 Å². The van der Waals surface area contributed by atoms with Gasteiger partial charge < -0.3 is 45.3 Å². The number of hydrogen-bond donors (Lipinski definition) is 6. The van der Waals surface area contributed by atoms with E-state index in [9.17, 15) is 29.3 Å². The molecule has 0 saturated heterocycles. The van der Waals surface area contributed by atoms with Crippen molar-refractivity contribution in [3.05, 3.63) is 81.9 Å². The van der Waals surface area contributed by atoms with Crippen molar-refractivity contribution in [2.45, 2.75) is 6.42 Å². The smallest absolute Gasteiger partial charge is 0.287 e. The number of nitrogens with zero attached hydrogens (tertiary/aromatic N) is 5. The predicted molar refractivity (Wildman–Crippen MR) is 162 cm³/mol. The third-order valence-electron chi connectivity index (χ3n) is 6.94. The number of amidine groups is 1. The Morgan fingerprint density at radius 3 is 1.43 bits per heavy atom. The minimum Gasteiger partial charge on any atom is -0.388 e. The van der Waals surface area contributed by atoms with Gasteiger partial charge in [0.1, 0.15) is 22.8 Å². The van der Waals surface area contributed by atoms with Crippen LogP contribution in [0.2, 0.25) is 0 Å². The van der Waals surface area contributed by atoms with Gasteiger partial charge in [-0.05, 0) is 18.2 Å². The molecule has 4 amide bonds. The van der Waals surface area contributed by atoms with Crippen LogP contribution in [0.3, 0.4) is 0 Å². The van der Waals surface area contributed by atoms with Gasteiger partial charge in [0.05, 0.1) is 34.0 Å². The molecule has 17 heteroatoms. The van der Waals surface area contributed by atoms with E-state index < -0.39 is 22.6 Å². The number of H-pyrrole nitrogens is 4. The summed E-state index contributed by atoms with van der Waals surface area (Å²) in [6.07, 6.45) is 5.82. The van der Waals surface area contributed by atoms with Gasteiger partial charge >= 0.3 is 0 Å². The van der Waals surface area contributed by atoms with Gasteiger partial charge in [-0.15, -0.1) is 0 Å². The first-order chi connectivity index (χ1) is 20.8. The number of nitrogens with one attached hydrogen (secondary N) is 5. The first-order valence-corrected chi connectivity index (χ1v) is 13.1. The van der Waals surface area contributed by atoms with Crippen LogP contribution in [-0.4, -0.2) is 94.0 Å². The number of carbonyl (C=O) groups is 4. The normalized spacial score (nSPS) is 10.7. The topological polar surface area (TPSA) is 237 Å². The Bertz CT molecular complexity index is 1740. The van der Waals surface area contributed by atoms with Crippen LogP contribution in [0.5, 0.6) is 0 Å². The number of nitro groups is 1. The van der Waals surface area contributed by atoms with Crippen molar-refractivity contribution in [3.8, 4) is 0 Å². The number of rotatable bonds is 11. The maximum Gasteiger partial charge on any atom is 0.287 e. The standard InChI is InChI=1S/C27H31N11O6/c1-34(6-5-23(28)29)24(39)19-7-15(11-30-19)35(2)25(40)20-8-16(12-31-20)36(3)26(41)21-9-17(13-32-21)37(4)27(42)22-10-18(14-33-22)38(43)44/h7-14,30-33H,5-6H2,1-4H3,(H3,28,29). The second kappa shape index (κ2) is 12.4. The Labute approximate surface area is 250 Å². The molecule has 4 aromatic rings. The number of anilines is 3. The summed E-state index contributed by atoms with van der Waals surface area (Å²) in [6, 6.07) is 5.62. The molecule has 4 heterocycles. The molecule has 0 aliphatic heterocycles. The summed E-state index contributed by atoms with van der Waals surface area (Å²) in [5.41, 5.74) is 6.91. The number of aromatic nitrogens is 4. The van der Waals surface area contributed by atoms with Gasteiger partial charge in [0.25, 0.3) is 29.3 Å². The number of nitrogens with two attached hydrogens (primary N) is 1. The molecular weight excluding hydrogens is 574 g/mol. The highest BCUT2D eigenvalue weighted by Gasteiger charge is 2.24. The molecular formula is C27H31N11O6. The zero-order valence-corrected chi connectivity index (χ0v) is 24.3. The number of hydrogen-bond acceptors (Lipinski definition) is 7. The van der Waals surface area contributed by atoms with Crippen LogP contribution >= 0.6 is 0 Å². The summed E-state index contributed by atoms with van der Waals surface area (Å²) in [7, 11) is 6.11. The fourth-order valence-corrected chi connectivity index (χ4v) is 4.20. The highest BCUT2D eigenvalue weighted by Crippen LogP contribution is 2.24. The lowest BCUT2D eigenvalue weighted by atomic mass is 10.3. The van der Waals surface area contributed by atoms with Gasteiger partial charge in [-0.3, -0.25) is 34.7 Å². The predicted octanol–water partition coefficient (Wildman–Crippen LogP) is 2.14. The lowest BCUT2D eigenvalue weighted by Gasteiger charge is -2.16. The third-order valence-corrected chi connectivity index (χ3v) is 6.94. The van der Waals surface area contributed by atoms with Crippen LogP contribution in [0.1, 0.15) is 48.4 Å². The van der Waals surface area contributed by atoms with E-state index in [4.69, 9.17) is 11.1 Å². The second-order valence-corrected chi connectivity index (χ2v) is 9.94. The molecule has 0 radical (unpaired) electrons. The molecule has 0 saturated carbocycles. The van der Waals surface area contributed by atoms with E-state index >= 15 is 0 Å². The van der Waals surface area contributed by atoms with E-state index in [-0.39, 0.29) is 53.2 Å². The van der Waals surface area contributed by atoms with Crippen molar-refractivity contribution in [1.29, 1.82) is 5.41 Å². The van der Waals surface area contributed by atoms with Gasteiger partial charge in [0.15, 0.2) is 0 Å². The van der Waals surface area contributed by atoms with Crippen molar-refractivity contribution < 1.29 is 24.1 Å². The molecule has 4 rings (SSSR count). The molecule has 7 N–H and O–H groups in total. The molecule has 0 aliphatic rings. The molecule has 0 bridgehead atoms. The van der Waals surface area contributed by atoms with Crippen LogP contribution in [0.4, 0.5) is 22.7 Å². The molecule has 0 aliphatic carbocycles. The van der Waals surface area contributed by atoms with E-state index in [2.05, 4.69) is 19.9 Å². The maximum atomic E-state index is 13.2. The van der Waals surface area contributed by atoms with Gasteiger partial charge in [-0.25, -0.2) is 0 Å². The lowest BCUT2D eigenvalue weighted by Crippen LogP contribution is -2.30. The van der Waals surface area contributed by atoms with E-state index in [1.54, 1.807) is 7.05 Å². The van der Waals surface area contributed by atoms with E-state index in [1.807, 2.05) is 0 Å². The Balaban J connectivity index is 1.40. The van der Waals surface area contributed by atoms with Gasteiger partial charge in [-0.2, -0.15) is 0 Å². The van der Waals surface area contributed by atoms with Gasteiger partial charge in [0.2, 0.25) is 0 Å². The Kier molecular flexibility index (Phi) is 8.68. The zero-order chi connectivity index (χ0) is 32.3. The van der Waals surface area contributed by atoms with Gasteiger partial charge in [0, 0.05) is 65.8 Å². The van der Waals surface area contributed by atoms with E-state index in [1.165, 1.54) is 77.5 Å². The SMILES string of the molecule is CN(CCC(=N)N)C(=O)c1cc(N(C)C(=O)c2cc(N(C)C(=O)c3cc(N(C)C(=O)c4cc([N+](=O)[O-])c[nH]4)c[nH]3)c[nH]2)c[nH]1. The lowest BCUT2D eigenvalue weighted by molar-refractivity contribution is -0.384. The fourth-order valence-electron chi connectivity index (χ4n) is 4.20. The molecule has 0 atom stereocenters. The Hall–Kier alpha value is -6.13. The monoisotopic (exact) mass is 605 g/mol. The maximum absolute atomic E-state index is 13.2. The summed E-state index contributed by atoms with van der Waals surface area (Å²) in [6.45, 7) is 0.271. The van der Waals surface area contributed by atoms with E-state index in [0.29, 0.717) is 17.1 Å². The quantitative estimate of drug-likeness (QED) is 0.0643. The average molecular weight is 606 g/mol. The summed E-state index contributed by atoms with van der Waals surface area (Å²) < 4.78 is 0. The Morgan fingerprint density at radius 2 is 1.07 bits per heavy atom. The second-order valence-electron chi connectivity index (χ2n) is 9.94. The summed E-state index contributed by atoms with van der Waals surface area (Å²) >= 11 is 0. The van der Waals surface area contributed by atoms with Crippen molar-refractivity contribution in [2.75, 3.05) is 49.4 Å². The fraction of sp³-hybridized carbons (Fsp3) is 0.222. The zero-order valence-electron chi connectivity index (χ0n) is 24.3. The molecule has 0 aromatic carbocycles. The highest BCUT2D eigenvalue weighted by atomic mass is 16.6. The summed E-state index contributed by atoms with van der Waals surface area (Å²) in [5.74, 6) is -1.77. The Morgan fingerprint density at radius 1 is 0.705 bits per heavy atom. The van der Waals surface area contributed by atoms with Crippen molar-refractivity contribution in [1.82, 2.24) is 24.8 Å². The van der Waals surface area contributed by atoms with Crippen molar-refractivity contribution in [2.24, 2.45) is 5.73 Å². The van der Waals surface area contributed by atoms with Crippen molar-refractivity contribution >= 4 is 52.2 Å². The minimum absolute atomic E-state index is 0.0133. The largest absolute Gasteiger partial charge is 0.388 e. The summed E-state index contributed by atoms with van der Waals surface area (Å²) in [5, 5.41) is 18.2. The first kappa shape index (κ1) is 30.8. The molecule has 0 spiro atoms. The van der Waals surface area contributed by atoms with Crippen LogP contribution in [-0.2, 0) is 0 Å². The van der Waals surface area contributed by atoms with Crippen LogP contribution in [0, 0.1) is 15.5 Å². The molecule has 0 fully saturated rings. The minimum atomic E-state index is -0.618. The number of aromatic amines is 4. The number of carbonyl (C=O) groups excluding carboxylic acids is 4. The molecule has 4 aromatic heterocycles. The third kappa shape index (κ3) is 6.35. The van der Waals surface area contributed by atoms with Crippen LogP contribution in [0.25, 0.3) is 0 Å². The van der Waals surface area contributed by atoms with Crippen LogP contribution in [0.15, 0.2) is 49.1 Å². The highest BCUT2D eigenvalue weighted by molar-refractivity contribution is 6.09. The first-order valence-electron chi connectivity index (χ1n) is 13.1. The van der Waals surface area contributed by atoms with Crippen molar-refractivity contribution in [3.63, 3.8) is 0 Å². The number of amides is 4. The molecule has 44 heavy (non-hydrogen) atoms. The molecule has 230 valence electrons.